The Labute approximate surface area is 280 Å². The summed E-state index contributed by atoms with van der Waals surface area (Å²) in [6.45, 7) is 0. The van der Waals surface area contributed by atoms with Crippen LogP contribution in [0.15, 0.2) is 158 Å². The first-order valence-corrected chi connectivity index (χ1v) is 17.5. The summed E-state index contributed by atoms with van der Waals surface area (Å²) in [5.74, 6) is 3.55. The zero-order valence-electron chi connectivity index (χ0n) is 26.4. The molecule has 1 heteroatoms. The van der Waals surface area contributed by atoms with Crippen LogP contribution in [0, 0.1) is 17.8 Å². The Hall–Kier alpha value is -5.40. The largest absolute Gasteiger partial charge is 0.481 e. The van der Waals surface area contributed by atoms with Gasteiger partial charge in [0.2, 0.25) is 0 Å². The van der Waals surface area contributed by atoms with E-state index in [1.807, 2.05) is 0 Å². The first-order chi connectivity index (χ1) is 23.8. The van der Waals surface area contributed by atoms with Gasteiger partial charge in [0.1, 0.15) is 11.4 Å². The van der Waals surface area contributed by atoms with Crippen LogP contribution in [0.3, 0.4) is 0 Å². The third-order valence-corrected chi connectivity index (χ3v) is 12.6. The van der Waals surface area contributed by atoms with E-state index in [4.69, 9.17) is 4.74 Å². The van der Waals surface area contributed by atoms with Gasteiger partial charge in [-0.3, -0.25) is 0 Å². The maximum absolute atomic E-state index is 7.11. The molecule has 0 aromatic heterocycles. The third-order valence-electron chi connectivity index (χ3n) is 12.6. The first kappa shape index (κ1) is 25.7. The minimum atomic E-state index is -0.418. The topological polar surface area (TPSA) is 9.23 Å². The SMILES string of the molecule is C1=C(c2ccc3ccc4c(c3c2)C(c2ccccc2)(c2ccccc2)c2ccccc2-4)C2CC2C2C3c4ccc5ccccc5c4OC132. The van der Waals surface area contributed by atoms with Crippen LogP contribution in [0.25, 0.3) is 38.2 Å². The molecular weight excluding hydrogens is 581 g/mol. The number of hydrogen-bond acceptors (Lipinski definition) is 1. The second kappa shape index (κ2) is 8.74. The van der Waals surface area contributed by atoms with Gasteiger partial charge in [-0.25, -0.2) is 0 Å². The Balaban J connectivity index is 1.09. The highest BCUT2D eigenvalue weighted by molar-refractivity contribution is 6.01. The molecule has 1 aliphatic heterocycles. The fourth-order valence-corrected chi connectivity index (χ4v) is 10.6. The molecule has 12 rings (SSSR count). The van der Waals surface area contributed by atoms with Crippen molar-refractivity contribution >= 4 is 27.1 Å². The van der Waals surface area contributed by atoms with E-state index < -0.39 is 5.41 Å². The van der Waals surface area contributed by atoms with Crippen molar-refractivity contribution in [3.8, 4) is 16.9 Å². The van der Waals surface area contributed by atoms with Gasteiger partial charge in [0.15, 0.2) is 0 Å². The highest BCUT2D eigenvalue weighted by atomic mass is 16.5. The quantitative estimate of drug-likeness (QED) is 0.193. The highest BCUT2D eigenvalue weighted by Crippen LogP contribution is 2.79. The van der Waals surface area contributed by atoms with Crippen molar-refractivity contribution in [3.05, 3.63) is 191 Å². The fourth-order valence-electron chi connectivity index (χ4n) is 10.6. The minimum absolute atomic E-state index is 0.193. The van der Waals surface area contributed by atoms with Gasteiger partial charge in [-0.05, 0) is 91.1 Å². The molecule has 5 aliphatic rings. The van der Waals surface area contributed by atoms with Gasteiger partial charge in [-0.15, -0.1) is 0 Å². The van der Waals surface area contributed by atoms with Crippen LogP contribution in [-0.4, -0.2) is 5.60 Å². The predicted molar refractivity (Wildman–Crippen MR) is 194 cm³/mol. The zero-order valence-corrected chi connectivity index (χ0v) is 26.4. The van der Waals surface area contributed by atoms with Crippen molar-refractivity contribution in [3.63, 3.8) is 0 Å². The molecule has 7 aromatic carbocycles. The number of benzene rings is 7. The summed E-state index contributed by atoms with van der Waals surface area (Å²) in [6, 6.07) is 56.8. The average Bonchev–Trinajstić information content (AvgIpc) is 4.02. The summed E-state index contributed by atoms with van der Waals surface area (Å²) < 4.78 is 7.11. The molecule has 0 bridgehead atoms. The fraction of sp³-hybridized carbons (Fsp3) is 0.149. The van der Waals surface area contributed by atoms with Crippen molar-refractivity contribution in [2.24, 2.45) is 17.8 Å². The summed E-state index contributed by atoms with van der Waals surface area (Å²) in [6.07, 6.45) is 3.85. The minimum Gasteiger partial charge on any atom is -0.481 e. The number of hydrogen-bond donors (Lipinski definition) is 0. The average molecular weight is 613 g/mol. The lowest BCUT2D eigenvalue weighted by Crippen LogP contribution is -2.28. The van der Waals surface area contributed by atoms with E-state index in [1.54, 1.807) is 0 Å². The molecule has 48 heavy (non-hydrogen) atoms. The summed E-state index contributed by atoms with van der Waals surface area (Å²) >= 11 is 0. The van der Waals surface area contributed by atoms with Crippen LogP contribution in [0.1, 0.15) is 45.7 Å². The molecule has 226 valence electrons. The van der Waals surface area contributed by atoms with E-state index >= 15 is 0 Å². The van der Waals surface area contributed by atoms with Crippen LogP contribution in [0.4, 0.5) is 0 Å². The Morgan fingerprint density at radius 2 is 1.27 bits per heavy atom. The van der Waals surface area contributed by atoms with E-state index in [0.717, 1.165) is 5.75 Å². The smallest absolute Gasteiger partial charge is 0.139 e. The lowest BCUT2D eigenvalue weighted by Gasteiger charge is -2.34. The van der Waals surface area contributed by atoms with Gasteiger partial charge in [0.25, 0.3) is 0 Å². The van der Waals surface area contributed by atoms with Crippen LogP contribution in [0.2, 0.25) is 0 Å². The van der Waals surface area contributed by atoms with Crippen molar-refractivity contribution in [1.29, 1.82) is 0 Å². The monoisotopic (exact) mass is 612 g/mol. The second-order valence-corrected chi connectivity index (χ2v) is 14.7. The molecule has 0 radical (unpaired) electrons. The third kappa shape index (κ3) is 3.00. The number of rotatable bonds is 3. The molecule has 5 unspecified atom stereocenters. The van der Waals surface area contributed by atoms with Gasteiger partial charge in [-0.2, -0.15) is 0 Å². The molecular formula is C47H32O. The molecule has 5 atom stereocenters. The van der Waals surface area contributed by atoms with E-state index in [-0.39, 0.29) is 5.60 Å². The normalized spacial score (nSPS) is 26.0. The molecule has 4 aliphatic carbocycles. The van der Waals surface area contributed by atoms with Crippen LogP contribution < -0.4 is 4.74 Å². The summed E-state index contributed by atoms with van der Waals surface area (Å²) in [7, 11) is 0. The van der Waals surface area contributed by atoms with Gasteiger partial charge >= 0.3 is 0 Å². The summed E-state index contributed by atoms with van der Waals surface area (Å²) in [5, 5.41) is 5.16. The second-order valence-electron chi connectivity index (χ2n) is 14.7. The maximum Gasteiger partial charge on any atom is 0.139 e. The van der Waals surface area contributed by atoms with Gasteiger partial charge in [0, 0.05) is 22.8 Å². The van der Waals surface area contributed by atoms with Gasteiger partial charge in [0.05, 0.1) is 5.41 Å². The number of ether oxygens (including phenoxy) is 1. The molecule has 0 N–H and O–H groups in total. The number of allylic oxidation sites excluding steroid dienone is 1. The molecule has 7 aromatic rings. The van der Waals surface area contributed by atoms with E-state index in [1.165, 1.54) is 78.0 Å². The Bertz CT molecular complexity index is 2500. The van der Waals surface area contributed by atoms with E-state index in [0.29, 0.717) is 23.7 Å². The zero-order chi connectivity index (χ0) is 31.2. The molecule has 0 saturated heterocycles. The first-order valence-electron chi connectivity index (χ1n) is 17.5. The van der Waals surface area contributed by atoms with Crippen LogP contribution in [-0.2, 0) is 5.41 Å². The van der Waals surface area contributed by atoms with Gasteiger partial charge < -0.3 is 4.74 Å². The van der Waals surface area contributed by atoms with Crippen LogP contribution in [0.5, 0.6) is 5.75 Å². The Morgan fingerprint density at radius 1 is 0.583 bits per heavy atom. The number of fused-ring (bicyclic) bond motifs is 12. The van der Waals surface area contributed by atoms with E-state index in [2.05, 4.69) is 158 Å². The molecule has 2 fully saturated rings. The predicted octanol–water partition coefficient (Wildman–Crippen LogP) is 10.9. The van der Waals surface area contributed by atoms with Gasteiger partial charge in [-0.1, -0.05) is 146 Å². The van der Waals surface area contributed by atoms with Crippen LogP contribution >= 0.6 is 0 Å². The Morgan fingerprint density at radius 3 is 2.10 bits per heavy atom. The molecule has 2 saturated carbocycles. The standard InChI is InChI=1S/C47H32O/c1-3-12-31(13-4-1)47(32-14-5-2-6-15-32)41-18-10-9-17-34(41)35-23-21-29-19-20-30(25-37(29)42(35)47)40-27-46-43(44(46)39-26-38(39)40)36-24-22-28-11-7-8-16-33(28)45(36)48-46/h1-25,27,38-39,43-44H,26H2. The van der Waals surface area contributed by atoms with E-state index in [9.17, 15) is 0 Å². The highest BCUT2D eigenvalue weighted by Gasteiger charge is 2.78. The van der Waals surface area contributed by atoms with Crippen molar-refractivity contribution < 1.29 is 4.74 Å². The van der Waals surface area contributed by atoms with Crippen molar-refractivity contribution in [1.82, 2.24) is 0 Å². The maximum atomic E-state index is 7.11. The molecule has 0 amide bonds. The molecule has 1 heterocycles. The molecule has 1 spiro atoms. The summed E-state index contributed by atoms with van der Waals surface area (Å²) in [4.78, 5) is 0. The molecule has 1 nitrogen and oxygen atoms in total. The lowest BCUT2D eigenvalue weighted by molar-refractivity contribution is 0.213. The van der Waals surface area contributed by atoms with Crippen molar-refractivity contribution in [2.75, 3.05) is 0 Å². The summed E-state index contributed by atoms with van der Waals surface area (Å²) in [5.41, 5.74) is 11.7. The lowest BCUT2D eigenvalue weighted by atomic mass is 9.66. The van der Waals surface area contributed by atoms with Crippen molar-refractivity contribution in [2.45, 2.75) is 23.4 Å². The Kier molecular flexibility index (Phi) is 4.67.